The number of nitrogens with zero attached hydrogens (tertiary/aromatic N) is 2. The molecule has 2 aromatic carbocycles. The Bertz CT molecular complexity index is 1400. The Morgan fingerprint density at radius 3 is 2.09 bits per heavy atom. The molecule has 0 saturated heterocycles. The molecule has 46 heavy (non-hydrogen) atoms. The van der Waals surface area contributed by atoms with Gasteiger partial charge in [0.15, 0.2) is 0 Å². The van der Waals surface area contributed by atoms with Gasteiger partial charge in [0.05, 0.1) is 24.9 Å². The van der Waals surface area contributed by atoms with Crippen LogP contribution >= 0.6 is 0 Å². The number of nitrogens with one attached hydrogen (secondary N) is 2. The van der Waals surface area contributed by atoms with Crippen LogP contribution in [0.25, 0.3) is 11.3 Å². The van der Waals surface area contributed by atoms with E-state index >= 15 is 0 Å². The van der Waals surface area contributed by atoms with E-state index in [1.54, 1.807) is 27.0 Å². The number of amides is 3. The molecule has 3 rings (SSSR count). The van der Waals surface area contributed by atoms with Gasteiger partial charge in [0, 0.05) is 23.3 Å². The fraction of sp³-hybridized carbons (Fsp3) is 0.444. The number of aliphatic hydroxyl groups excluding tert-OH is 1. The first-order valence-electron chi connectivity index (χ1n) is 15.7. The summed E-state index contributed by atoms with van der Waals surface area (Å²) in [6.07, 6.45) is 0.0748. The maximum Gasteiger partial charge on any atom is 0.408 e. The molecule has 3 aromatic rings. The molecular weight excluding hydrogens is 584 g/mol. The third-order valence-electron chi connectivity index (χ3n) is 8.22. The molecule has 1 aromatic heterocycles. The standard InChI is InChI=1S/C36H48N4O6/c1-7-24(2)32(39-34(43)46-6)33(42)38-28(21-26-16-18-27(19-17-26)29-15-11-12-20-37-29)23-31(41)30(22-25-13-9-8-10-14-25)40(35(44)45)36(3,4)5/h8-20,24,28,30-32,41H,7,21-23H2,1-6H3,(H,38,42)(H,39,43)(H,44,45)/t24-,28-,30-,31-,32-/m0/s1. The summed E-state index contributed by atoms with van der Waals surface area (Å²) in [6, 6.07) is 20.7. The molecular formula is C36H48N4O6. The zero-order valence-corrected chi connectivity index (χ0v) is 27.6. The van der Waals surface area contributed by atoms with E-state index in [4.69, 9.17) is 4.74 Å². The second-order valence-corrected chi connectivity index (χ2v) is 12.7. The van der Waals surface area contributed by atoms with Crippen molar-refractivity contribution < 1.29 is 29.3 Å². The molecule has 10 nitrogen and oxygen atoms in total. The smallest absolute Gasteiger partial charge is 0.408 e. The number of carboxylic acid groups (broad SMARTS) is 1. The van der Waals surface area contributed by atoms with Gasteiger partial charge in [-0.05, 0) is 69.2 Å². The third-order valence-corrected chi connectivity index (χ3v) is 8.22. The van der Waals surface area contributed by atoms with Crippen LogP contribution in [0, 0.1) is 5.92 Å². The van der Waals surface area contributed by atoms with Gasteiger partial charge in [-0.1, -0.05) is 80.9 Å². The van der Waals surface area contributed by atoms with Gasteiger partial charge in [-0.2, -0.15) is 0 Å². The van der Waals surface area contributed by atoms with Gasteiger partial charge < -0.3 is 25.6 Å². The summed E-state index contributed by atoms with van der Waals surface area (Å²) in [5, 5.41) is 27.8. The van der Waals surface area contributed by atoms with Gasteiger partial charge >= 0.3 is 12.2 Å². The lowest BCUT2D eigenvalue weighted by molar-refractivity contribution is -0.125. The minimum absolute atomic E-state index is 0.0660. The van der Waals surface area contributed by atoms with Crippen LogP contribution in [-0.2, 0) is 22.4 Å². The van der Waals surface area contributed by atoms with Crippen LogP contribution in [0.3, 0.4) is 0 Å². The number of hydrogen-bond donors (Lipinski definition) is 4. The van der Waals surface area contributed by atoms with Gasteiger partial charge in [0.1, 0.15) is 6.04 Å². The van der Waals surface area contributed by atoms with E-state index in [-0.39, 0.29) is 18.8 Å². The first-order valence-corrected chi connectivity index (χ1v) is 15.7. The van der Waals surface area contributed by atoms with Crippen LogP contribution in [0.1, 0.15) is 58.6 Å². The van der Waals surface area contributed by atoms with Crippen molar-refractivity contribution in [3.8, 4) is 11.3 Å². The Balaban J connectivity index is 1.96. The van der Waals surface area contributed by atoms with E-state index in [0.29, 0.717) is 12.8 Å². The van der Waals surface area contributed by atoms with Crippen molar-refractivity contribution in [2.45, 2.75) is 90.1 Å². The Morgan fingerprint density at radius 1 is 0.913 bits per heavy atom. The molecule has 0 bridgehead atoms. The summed E-state index contributed by atoms with van der Waals surface area (Å²) >= 11 is 0. The summed E-state index contributed by atoms with van der Waals surface area (Å²) in [5.74, 6) is -0.607. The summed E-state index contributed by atoms with van der Waals surface area (Å²) in [6.45, 7) is 9.18. The Kier molecular flexibility index (Phi) is 13.1. The number of carbonyl (C=O) groups excluding carboxylic acids is 2. The minimum Gasteiger partial charge on any atom is -0.465 e. The second kappa shape index (κ2) is 16.7. The van der Waals surface area contributed by atoms with Gasteiger partial charge in [-0.3, -0.25) is 14.7 Å². The lowest BCUT2D eigenvalue weighted by Gasteiger charge is -2.42. The number of methoxy groups -OCH3 is 1. The monoisotopic (exact) mass is 632 g/mol. The van der Waals surface area contributed by atoms with E-state index in [2.05, 4.69) is 15.6 Å². The molecule has 248 valence electrons. The van der Waals surface area contributed by atoms with Crippen molar-refractivity contribution in [2.75, 3.05) is 7.11 Å². The highest BCUT2D eigenvalue weighted by Crippen LogP contribution is 2.26. The normalized spacial score (nSPS) is 14.7. The lowest BCUT2D eigenvalue weighted by atomic mass is 9.89. The summed E-state index contributed by atoms with van der Waals surface area (Å²) in [4.78, 5) is 44.1. The number of benzene rings is 2. The third kappa shape index (κ3) is 10.3. The van der Waals surface area contributed by atoms with Crippen LogP contribution in [0.5, 0.6) is 0 Å². The average Bonchev–Trinajstić information content (AvgIpc) is 3.03. The van der Waals surface area contributed by atoms with Crippen LogP contribution in [0.4, 0.5) is 9.59 Å². The van der Waals surface area contributed by atoms with Crippen LogP contribution in [0.2, 0.25) is 0 Å². The second-order valence-electron chi connectivity index (χ2n) is 12.7. The lowest BCUT2D eigenvalue weighted by Crippen LogP contribution is -2.58. The zero-order chi connectivity index (χ0) is 33.9. The summed E-state index contributed by atoms with van der Waals surface area (Å²) in [7, 11) is 1.24. The topological polar surface area (TPSA) is 141 Å². The fourth-order valence-corrected chi connectivity index (χ4v) is 5.63. The predicted molar refractivity (Wildman–Crippen MR) is 178 cm³/mol. The maximum absolute atomic E-state index is 13.7. The van der Waals surface area contributed by atoms with Gasteiger partial charge in [-0.15, -0.1) is 0 Å². The SMILES string of the molecule is CC[C@H](C)[C@H](NC(=O)OC)C(=O)N[C@@H](Cc1ccc(-c2ccccn2)cc1)C[C@H](O)[C@H](Cc1ccccc1)N(C(=O)O)C(C)(C)C. The number of aliphatic hydroxyl groups is 1. The first kappa shape index (κ1) is 36.0. The first-order chi connectivity index (χ1) is 21.8. The van der Waals surface area contributed by atoms with Crippen molar-refractivity contribution in [2.24, 2.45) is 5.92 Å². The number of carbonyl (C=O) groups is 3. The largest absolute Gasteiger partial charge is 0.465 e. The molecule has 5 atom stereocenters. The van der Waals surface area contributed by atoms with Crippen LogP contribution in [-0.4, -0.2) is 75.1 Å². The Labute approximate surface area is 272 Å². The van der Waals surface area contributed by atoms with E-state index in [1.807, 2.05) is 86.6 Å². The van der Waals surface area contributed by atoms with Gasteiger partial charge in [0.25, 0.3) is 0 Å². The van der Waals surface area contributed by atoms with Crippen LogP contribution < -0.4 is 10.6 Å². The Hall–Kier alpha value is -4.44. The van der Waals surface area contributed by atoms with E-state index in [9.17, 15) is 24.6 Å². The highest BCUT2D eigenvalue weighted by atomic mass is 16.5. The number of pyridine rings is 1. The molecule has 0 unspecified atom stereocenters. The van der Waals surface area contributed by atoms with E-state index < -0.39 is 47.9 Å². The number of ether oxygens (including phenoxy) is 1. The molecule has 10 heteroatoms. The molecule has 1 heterocycles. The minimum atomic E-state index is -1.14. The van der Waals surface area contributed by atoms with Crippen molar-refractivity contribution >= 4 is 18.1 Å². The van der Waals surface area contributed by atoms with Crippen LogP contribution in [0.15, 0.2) is 79.0 Å². The maximum atomic E-state index is 13.7. The molecule has 0 aliphatic carbocycles. The van der Waals surface area contributed by atoms with E-state index in [1.165, 1.54) is 12.0 Å². The average molecular weight is 633 g/mol. The van der Waals surface area contributed by atoms with Gasteiger partial charge in [0.2, 0.25) is 5.91 Å². The van der Waals surface area contributed by atoms with Gasteiger partial charge in [-0.25, -0.2) is 9.59 Å². The summed E-state index contributed by atoms with van der Waals surface area (Å²) < 4.78 is 4.77. The molecule has 3 amide bonds. The van der Waals surface area contributed by atoms with Crippen molar-refractivity contribution in [1.82, 2.24) is 20.5 Å². The number of rotatable bonds is 14. The number of hydrogen-bond acceptors (Lipinski definition) is 6. The molecule has 0 saturated carbocycles. The highest BCUT2D eigenvalue weighted by molar-refractivity contribution is 5.86. The number of alkyl carbamates (subject to hydrolysis) is 1. The predicted octanol–water partition coefficient (Wildman–Crippen LogP) is 5.69. The fourth-order valence-electron chi connectivity index (χ4n) is 5.63. The molecule has 0 aliphatic heterocycles. The molecule has 0 spiro atoms. The quantitative estimate of drug-likeness (QED) is 0.179. The molecule has 0 aliphatic rings. The zero-order valence-electron chi connectivity index (χ0n) is 27.6. The molecule has 0 fully saturated rings. The van der Waals surface area contributed by atoms with Crippen molar-refractivity contribution in [3.05, 3.63) is 90.1 Å². The number of aromatic nitrogens is 1. The van der Waals surface area contributed by atoms with E-state index in [0.717, 1.165) is 22.4 Å². The van der Waals surface area contributed by atoms with Crippen molar-refractivity contribution in [3.63, 3.8) is 0 Å². The Morgan fingerprint density at radius 2 is 1.54 bits per heavy atom. The molecule has 0 radical (unpaired) electrons. The van der Waals surface area contributed by atoms with Crippen molar-refractivity contribution in [1.29, 1.82) is 0 Å². The molecule has 4 N–H and O–H groups in total. The highest BCUT2D eigenvalue weighted by Gasteiger charge is 2.39. The summed E-state index contributed by atoms with van der Waals surface area (Å²) in [5.41, 5.74) is 2.75.